The maximum Gasteiger partial charge on any atom is 0.252 e. The van der Waals surface area contributed by atoms with E-state index < -0.39 is 5.60 Å². The highest BCUT2D eigenvalue weighted by Gasteiger charge is 2.25. The van der Waals surface area contributed by atoms with Crippen LogP contribution in [0.15, 0.2) is 18.2 Å². The summed E-state index contributed by atoms with van der Waals surface area (Å²) in [6.07, 6.45) is 2.47. The van der Waals surface area contributed by atoms with Crippen molar-refractivity contribution in [2.45, 2.75) is 45.1 Å². The van der Waals surface area contributed by atoms with Gasteiger partial charge in [0.2, 0.25) is 5.91 Å². The quantitative estimate of drug-likeness (QED) is 0.838. The number of hydrogen-bond acceptors (Lipinski definition) is 3. The number of nitrogens with one attached hydrogen (secondary N) is 1. The van der Waals surface area contributed by atoms with Crippen molar-refractivity contribution in [1.29, 1.82) is 0 Å². The highest BCUT2D eigenvalue weighted by atomic mass is 35.5. The minimum atomic E-state index is -0.912. The lowest BCUT2D eigenvalue weighted by atomic mass is 9.97. The van der Waals surface area contributed by atoms with Crippen LogP contribution in [0.1, 0.15) is 49.9 Å². The van der Waals surface area contributed by atoms with Gasteiger partial charge in [0.05, 0.1) is 16.2 Å². The smallest absolute Gasteiger partial charge is 0.252 e. The van der Waals surface area contributed by atoms with Crippen LogP contribution in [0.5, 0.6) is 0 Å². The normalized spacial score (nSPS) is 15.1. The number of carbonyl (C=O) groups is 2. The van der Waals surface area contributed by atoms with E-state index in [2.05, 4.69) is 5.32 Å². The van der Waals surface area contributed by atoms with Crippen molar-refractivity contribution in [2.24, 2.45) is 0 Å². The van der Waals surface area contributed by atoms with Crippen molar-refractivity contribution in [3.8, 4) is 0 Å². The van der Waals surface area contributed by atoms with Gasteiger partial charge < -0.3 is 15.3 Å². The average molecular weight is 339 g/mol. The average Bonchev–Trinajstić information content (AvgIpc) is 2.99. The first kappa shape index (κ1) is 17.8. The van der Waals surface area contributed by atoms with E-state index in [1.807, 2.05) is 13.8 Å². The highest BCUT2D eigenvalue weighted by molar-refractivity contribution is 6.34. The Kier molecular flexibility index (Phi) is 5.65. The Hall–Kier alpha value is -1.59. The predicted octanol–water partition coefficient (Wildman–Crippen LogP) is 2.75. The summed E-state index contributed by atoms with van der Waals surface area (Å²) in [4.78, 5) is 25.9. The van der Waals surface area contributed by atoms with Crippen LogP contribution in [0.25, 0.3) is 0 Å². The van der Waals surface area contributed by atoms with E-state index in [-0.39, 0.29) is 18.4 Å². The molecule has 0 spiro atoms. The van der Waals surface area contributed by atoms with Crippen LogP contribution >= 0.6 is 11.6 Å². The van der Waals surface area contributed by atoms with Crippen LogP contribution in [0, 0.1) is 0 Å². The van der Waals surface area contributed by atoms with E-state index in [0.29, 0.717) is 42.1 Å². The zero-order valence-corrected chi connectivity index (χ0v) is 14.3. The van der Waals surface area contributed by atoms with E-state index in [9.17, 15) is 14.7 Å². The number of benzene rings is 1. The SMILES string of the molecule is CCC(O)(CC)CNC(=O)c1cc(N2CCCC2=O)ccc1Cl. The van der Waals surface area contributed by atoms with Crippen molar-refractivity contribution < 1.29 is 14.7 Å². The molecule has 0 bridgehead atoms. The molecule has 0 atom stereocenters. The van der Waals surface area contributed by atoms with Crippen LogP contribution < -0.4 is 10.2 Å². The first-order valence-corrected chi connectivity index (χ1v) is 8.38. The fraction of sp³-hybridized carbons (Fsp3) is 0.529. The Morgan fingerprint density at radius 2 is 2.09 bits per heavy atom. The van der Waals surface area contributed by atoms with Gasteiger partial charge in [0.25, 0.3) is 5.91 Å². The van der Waals surface area contributed by atoms with E-state index >= 15 is 0 Å². The first-order chi connectivity index (χ1) is 10.9. The molecule has 2 rings (SSSR count). The van der Waals surface area contributed by atoms with Gasteiger partial charge in [-0.2, -0.15) is 0 Å². The second-order valence-electron chi connectivity index (χ2n) is 5.93. The van der Waals surface area contributed by atoms with Gasteiger partial charge >= 0.3 is 0 Å². The molecule has 0 radical (unpaired) electrons. The lowest BCUT2D eigenvalue weighted by Crippen LogP contribution is -2.42. The first-order valence-electron chi connectivity index (χ1n) is 8.00. The molecule has 2 N–H and O–H groups in total. The second-order valence-corrected chi connectivity index (χ2v) is 6.33. The maximum absolute atomic E-state index is 12.4. The summed E-state index contributed by atoms with van der Waals surface area (Å²) in [5, 5.41) is 13.3. The topological polar surface area (TPSA) is 69.6 Å². The molecular formula is C17H23ClN2O3. The molecule has 23 heavy (non-hydrogen) atoms. The van der Waals surface area contributed by atoms with Gasteiger partial charge in [0.15, 0.2) is 0 Å². The zero-order chi connectivity index (χ0) is 17.0. The number of rotatable bonds is 6. The van der Waals surface area contributed by atoms with Crippen LogP contribution in [0.4, 0.5) is 5.69 Å². The van der Waals surface area contributed by atoms with Gasteiger partial charge in [-0.15, -0.1) is 0 Å². The Balaban J connectivity index is 2.15. The third kappa shape index (κ3) is 4.03. The molecule has 1 fully saturated rings. The van der Waals surface area contributed by atoms with Gasteiger partial charge in [-0.05, 0) is 37.5 Å². The van der Waals surface area contributed by atoms with Crippen LogP contribution in [0.2, 0.25) is 5.02 Å². The minimum Gasteiger partial charge on any atom is -0.388 e. The molecular weight excluding hydrogens is 316 g/mol. The number of aliphatic hydroxyl groups is 1. The van der Waals surface area contributed by atoms with Crippen molar-refractivity contribution in [3.63, 3.8) is 0 Å². The summed E-state index contributed by atoms with van der Waals surface area (Å²) in [7, 11) is 0. The van der Waals surface area contributed by atoms with Gasteiger partial charge in [-0.1, -0.05) is 25.4 Å². The second kappa shape index (κ2) is 7.32. The molecule has 0 aliphatic carbocycles. The molecule has 1 saturated heterocycles. The third-order valence-corrected chi connectivity index (χ3v) is 4.80. The van der Waals surface area contributed by atoms with Crippen LogP contribution in [-0.2, 0) is 4.79 Å². The standard InChI is InChI=1S/C17H23ClN2O3/c1-3-17(23,4-2)11-19-16(22)13-10-12(7-8-14(13)18)20-9-5-6-15(20)21/h7-8,10,23H,3-6,9,11H2,1-2H3,(H,19,22). The summed E-state index contributed by atoms with van der Waals surface area (Å²) < 4.78 is 0. The Labute approximate surface area is 141 Å². The maximum atomic E-state index is 12.4. The number of anilines is 1. The van der Waals surface area contributed by atoms with Crippen LogP contribution in [-0.4, -0.2) is 35.6 Å². The summed E-state index contributed by atoms with van der Waals surface area (Å²) in [5.41, 5.74) is 0.0896. The molecule has 0 aromatic heterocycles. The molecule has 0 saturated carbocycles. The fourth-order valence-electron chi connectivity index (χ4n) is 2.62. The van der Waals surface area contributed by atoms with E-state index in [0.717, 1.165) is 6.42 Å². The molecule has 6 heteroatoms. The van der Waals surface area contributed by atoms with Gasteiger partial charge in [-0.3, -0.25) is 9.59 Å². The minimum absolute atomic E-state index is 0.0602. The fourth-order valence-corrected chi connectivity index (χ4v) is 2.82. The van der Waals surface area contributed by atoms with Crippen molar-refractivity contribution in [2.75, 3.05) is 18.0 Å². The van der Waals surface area contributed by atoms with Gasteiger partial charge in [0.1, 0.15) is 0 Å². The molecule has 1 aromatic carbocycles. The largest absolute Gasteiger partial charge is 0.388 e. The van der Waals surface area contributed by atoms with Crippen LogP contribution in [0.3, 0.4) is 0 Å². The number of hydrogen-bond donors (Lipinski definition) is 2. The molecule has 1 aliphatic heterocycles. The van der Waals surface area contributed by atoms with E-state index in [1.165, 1.54) is 0 Å². The lowest BCUT2D eigenvalue weighted by Gasteiger charge is -2.25. The zero-order valence-electron chi connectivity index (χ0n) is 13.6. The molecule has 0 unspecified atom stereocenters. The third-order valence-electron chi connectivity index (χ3n) is 4.47. The molecule has 2 amide bonds. The van der Waals surface area contributed by atoms with Gasteiger partial charge in [0, 0.05) is 25.2 Å². The lowest BCUT2D eigenvalue weighted by molar-refractivity contribution is -0.117. The van der Waals surface area contributed by atoms with Crippen molar-refractivity contribution in [3.05, 3.63) is 28.8 Å². The summed E-state index contributed by atoms with van der Waals surface area (Å²) >= 11 is 6.13. The van der Waals surface area contributed by atoms with Crippen molar-refractivity contribution >= 4 is 29.1 Å². The Morgan fingerprint density at radius 1 is 1.39 bits per heavy atom. The highest BCUT2D eigenvalue weighted by Crippen LogP contribution is 2.26. The van der Waals surface area contributed by atoms with E-state index in [1.54, 1.807) is 23.1 Å². The Morgan fingerprint density at radius 3 is 2.65 bits per heavy atom. The molecule has 1 aromatic rings. The summed E-state index contributed by atoms with van der Waals surface area (Å²) in [6.45, 7) is 4.58. The molecule has 126 valence electrons. The van der Waals surface area contributed by atoms with Crippen molar-refractivity contribution in [1.82, 2.24) is 5.32 Å². The molecule has 1 heterocycles. The Bertz CT molecular complexity index is 600. The van der Waals surface area contributed by atoms with E-state index in [4.69, 9.17) is 11.6 Å². The monoisotopic (exact) mass is 338 g/mol. The molecule has 1 aliphatic rings. The summed E-state index contributed by atoms with van der Waals surface area (Å²) in [5.74, 6) is -0.283. The summed E-state index contributed by atoms with van der Waals surface area (Å²) in [6, 6.07) is 5.01. The predicted molar refractivity (Wildman–Crippen MR) is 90.9 cm³/mol. The molecule has 5 nitrogen and oxygen atoms in total. The van der Waals surface area contributed by atoms with Gasteiger partial charge in [-0.25, -0.2) is 0 Å². The number of carbonyl (C=O) groups excluding carboxylic acids is 2. The number of halogens is 1. The number of amides is 2. The number of nitrogens with zero attached hydrogens (tertiary/aromatic N) is 1.